The van der Waals surface area contributed by atoms with Crippen molar-refractivity contribution in [1.82, 2.24) is 0 Å². The van der Waals surface area contributed by atoms with Crippen molar-refractivity contribution in [2.45, 2.75) is 13.3 Å². The summed E-state index contributed by atoms with van der Waals surface area (Å²) in [5, 5.41) is 0. The highest BCUT2D eigenvalue weighted by Crippen LogP contribution is 2.04. The molecule has 4 heteroatoms. The van der Waals surface area contributed by atoms with Crippen molar-refractivity contribution in [2.75, 3.05) is 6.16 Å². The first-order valence-corrected chi connectivity index (χ1v) is 3.76. The largest absolute Gasteiger partial charge is 0.369 e. The van der Waals surface area contributed by atoms with E-state index in [9.17, 15) is 9.36 Å². The fourth-order valence-electron chi connectivity index (χ4n) is 0.389. The van der Waals surface area contributed by atoms with Crippen LogP contribution >= 0.6 is 8.46 Å². The van der Waals surface area contributed by atoms with Gasteiger partial charge in [-0.2, -0.15) is 0 Å². The summed E-state index contributed by atoms with van der Waals surface area (Å²) >= 11 is 0. The van der Waals surface area contributed by atoms with E-state index in [0.717, 1.165) is 0 Å². The molecule has 3 nitrogen and oxygen atoms in total. The minimum atomic E-state index is -0.321. The fraction of sp³-hybridized carbons (Fsp3) is 0.800. The molecule has 0 aromatic rings. The highest BCUT2D eigenvalue weighted by atomic mass is 31.1. The number of hydrogen-bond acceptors (Lipinski definition) is 2. The predicted octanol–water partition coefficient (Wildman–Crippen LogP) is 0.790. The molecular formula is C5H10NO2P. The van der Waals surface area contributed by atoms with E-state index in [0.29, 0.717) is 12.6 Å². The quantitative estimate of drug-likeness (QED) is 0.597. The Hall–Kier alpha value is -0.430. The van der Waals surface area contributed by atoms with Crippen molar-refractivity contribution in [3.63, 3.8) is 0 Å². The average Bonchev–Trinajstić information content (AvgIpc) is 1.82. The molecule has 0 spiro atoms. The molecule has 0 aliphatic heterocycles. The van der Waals surface area contributed by atoms with Gasteiger partial charge in [0.2, 0.25) is 5.91 Å². The number of carbonyl (C=O) groups is 1. The van der Waals surface area contributed by atoms with E-state index in [4.69, 9.17) is 5.73 Å². The Balaban J connectivity index is 3.37. The topological polar surface area (TPSA) is 60.2 Å². The first kappa shape index (κ1) is 8.57. The monoisotopic (exact) mass is 147 g/mol. The van der Waals surface area contributed by atoms with E-state index < -0.39 is 0 Å². The second-order valence-corrected chi connectivity index (χ2v) is 2.65. The molecule has 9 heavy (non-hydrogen) atoms. The molecule has 0 rings (SSSR count). The van der Waals surface area contributed by atoms with Gasteiger partial charge in [0.15, 0.2) is 8.46 Å². The van der Waals surface area contributed by atoms with Crippen LogP contribution in [0.2, 0.25) is 0 Å². The summed E-state index contributed by atoms with van der Waals surface area (Å²) in [5.74, 6) is -0.467. The minimum absolute atomic E-state index is 0.0875. The molecule has 0 fully saturated rings. The minimum Gasteiger partial charge on any atom is -0.369 e. The van der Waals surface area contributed by atoms with Crippen LogP contribution in [0.15, 0.2) is 0 Å². The van der Waals surface area contributed by atoms with Crippen LogP contribution in [0.5, 0.6) is 0 Å². The molecule has 0 aliphatic carbocycles. The third kappa shape index (κ3) is 4.10. The van der Waals surface area contributed by atoms with Crippen molar-refractivity contribution < 1.29 is 9.36 Å². The van der Waals surface area contributed by atoms with Crippen molar-refractivity contribution >= 4 is 14.4 Å². The molecule has 52 valence electrons. The first-order valence-electron chi connectivity index (χ1n) is 2.77. The zero-order valence-corrected chi connectivity index (χ0v) is 6.23. The summed E-state index contributed by atoms with van der Waals surface area (Å²) in [7, 11) is 0.0875. The van der Waals surface area contributed by atoms with Gasteiger partial charge in [0.1, 0.15) is 0 Å². The molecular weight excluding hydrogens is 137 g/mol. The molecule has 2 N–H and O–H groups in total. The lowest BCUT2D eigenvalue weighted by molar-refractivity contribution is -0.121. The third-order valence-corrected chi connectivity index (χ3v) is 1.58. The van der Waals surface area contributed by atoms with E-state index in [2.05, 4.69) is 0 Å². The van der Waals surface area contributed by atoms with Crippen LogP contribution < -0.4 is 5.73 Å². The van der Waals surface area contributed by atoms with E-state index in [1.54, 1.807) is 6.92 Å². The van der Waals surface area contributed by atoms with Gasteiger partial charge in [-0.05, 0) is 6.42 Å². The van der Waals surface area contributed by atoms with Gasteiger partial charge < -0.3 is 5.73 Å². The second-order valence-electron chi connectivity index (χ2n) is 1.94. The number of rotatable bonds is 4. The number of hydrogen-bond donors (Lipinski definition) is 1. The summed E-state index contributed by atoms with van der Waals surface area (Å²) in [6.45, 7) is 1.73. The Bertz CT molecular complexity index is 116. The molecule has 0 aromatic carbocycles. The van der Waals surface area contributed by atoms with Gasteiger partial charge >= 0.3 is 0 Å². The summed E-state index contributed by atoms with van der Waals surface area (Å²) in [5.41, 5.74) is 4.93. The maximum atomic E-state index is 10.3. The molecule has 0 aromatic heterocycles. The fourth-order valence-corrected chi connectivity index (χ4v) is 0.881. The van der Waals surface area contributed by atoms with E-state index in [1.165, 1.54) is 0 Å². The number of primary amides is 1. The van der Waals surface area contributed by atoms with Crippen LogP contribution in [0.3, 0.4) is 0 Å². The average molecular weight is 147 g/mol. The molecule has 1 amide bonds. The highest BCUT2D eigenvalue weighted by molar-refractivity contribution is 7.23. The molecule has 1 atom stereocenters. The lowest BCUT2D eigenvalue weighted by atomic mass is 10.1. The third-order valence-electron chi connectivity index (χ3n) is 1.14. The molecule has 0 saturated carbocycles. The van der Waals surface area contributed by atoms with Crippen molar-refractivity contribution in [1.29, 1.82) is 0 Å². The molecule has 0 aliphatic rings. The van der Waals surface area contributed by atoms with E-state index in [1.807, 2.05) is 0 Å². The molecule has 0 saturated heterocycles. The Morgan fingerprint density at radius 3 is 2.67 bits per heavy atom. The summed E-state index contributed by atoms with van der Waals surface area (Å²) in [4.78, 5) is 10.3. The van der Waals surface area contributed by atoms with Crippen LogP contribution in [-0.4, -0.2) is 12.1 Å². The molecule has 0 bridgehead atoms. The predicted molar refractivity (Wildman–Crippen MR) is 35.4 cm³/mol. The molecule has 1 unspecified atom stereocenters. The van der Waals surface area contributed by atoms with Crippen LogP contribution in [0.25, 0.3) is 0 Å². The molecule has 0 heterocycles. The second kappa shape index (κ2) is 4.45. The SMILES string of the molecule is CC(CCP=O)C(N)=O. The normalized spacial score (nSPS) is 13.4. The zero-order chi connectivity index (χ0) is 7.28. The van der Waals surface area contributed by atoms with E-state index in [-0.39, 0.29) is 20.3 Å². The lowest BCUT2D eigenvalue weighted by Crippen LogP contribution is -2.20. The van der Waals surface area contributed by atoms with Gasteiger partial charge in [0.05, 0.1) is 0 Å². The summed E-state index contributed by atoms with van der Waals surface area (Å²) in [6, 6.07) is 0. The smallest absolute Gasteiger partial charge is 0.220 e. The number of nitrogens with two attached hydrogens (primary N) is 1. The van der Waals surface area contributed by atoms with Gasteiger partial charge in [-0.1, -0.05) is 6.92 Å². The number of carbonyl (C=O) groups excluding carboxylic acids is 1. The van der Waals surface area contributed by atoms with Gasteiger partial charge in [-0.15, -0.1) is 0 Å². The first-order chi connectivity index (χ1) is 4.18. The van der Waals surface area contributed by atoms with Crippen LogP contribution in [0, 0.1) is 5.92 Å². The van der Waals surface area contributed by atoms with Crippen LogP contribution in [0.1, 0.15) is 13.3 Å². The van der Waals surface area contributed by atoms with Gasteiger partial charge in [0, 0.05) is 12.1 Å². The highest BCUT2D eigenvalue weighted by Gasteiger charge is 2.06. The zero-order valence-electron chi connectivity index (χ0n) is 5.33. The van der Waals surface area contributed by atoms with Gasteiger partial charge in [-0.25, -0.2) is 0 Å². The Labute approximate surface area is 55.8 Å². The number of amides is 1. The van der Waals surface area contributed by atoms with Crippen molar-refractivity contribution in [3.8, 4) is 0 Å². The van der Waals surface area contributed by atoms with Crippen LogP contribution in [-0.2, 0) is 9.36 Å². The maximum Gasteiger partial charge on any atom is 0.220 e. The standard InChI is InChI=1S/C5H10NO2P/c1-4(5(6)7)2-3-9-8/h4H,2-3H2,1H3,(H2,6,7). The summed E-state index contributed by atoms with van der Waals surface area (Å²) < 4.78 is 9.88. The van der Waals surface area contributed by atoms with Crippen LogP contribution in [0.4, 0.5) is 0 Å². The Morgan fingerprint density at radius 2 is 2.33 bits per heavy atom. The molecule has 0 radical (unpaired) electrons. The van der Waals surface area contributed by atoms with Crippen molar-refractivity contribution in [2.24, 2.45) is 11.7 Å². The van der Waals surface area contributed by atoms with Gasteiger partial charge in [0.25, 0.3) is 0 Å². The van der Waals surface area contributed by atoms with Gasteiger partial charge in [-0.3, -0.25) is 9.36 Å². The Kier molecular flexibility index (Phi) is 4.24. The maximum absolute atomic E-state index is 10.3. The summed E-state index contributed by atoms with van der Waals surface area (Å²) in [6.07, 6.45) is 1.13. The van der Waals surface area contributed by atoms with Crippen molar-refractivity contribution in [3.05, 3.63) is 0 Å². The van der Waals surface area contributed by atoms with E-state index >= 15 is 0 Å². The lowest BCUT2D eigenvalue weighted by Gasteiger charge is -2.00. The Morgan fingerprint density at radius 1 is 1.78 bits per heavy atom.